The Morgan fingerprint density at radius 3 is 2.84 bits per heavy atom. The first kappa shape index (κ1) is 20.9. The van der Waals surface area contributed by atoms with Gasteiger partial charge < -0.3 is 10.3 Å². The predicted molar refractivity (Wildman–Crippen MR) is 123 cm³/mol. The summed E-state index contributed by atoms with van der Waals surface area (Å²) in [5.74, 6) is 1.06. The van der Waals surface area contributed by atoms with Gasteiger partial charge in [-0.15, -0.1) is 6.58 Å². The predicted octanol–water partition coefficient (Wildman–Crippen LogP) is 2.78. The number of aromatic amines is 1. The molecular formula is C22H22N8O2. The zero-order valence-electron chi connectivity index (χ0n) is 17.7. The fourth-order valence-electron chi connectivity index (χ4n) is 3.35. The van der Waals surface area contributed by atoms with E-state index in [1.54, 1.807) is 46.2 Å². The Morgan fingerprint density at radius 2 is 2.09 bits per heavy atom. The molecular weight excluding hydrogens is 408 g/mol. The minimum Gasteiger partial charge on any atom is -0.324 e. The molecule has 0 saturated carbocycles. The highest BCUT2D eigenvalue weighted by Gasteiger charge is 2.21. The minimum absolute atomic E-state index is 0.263. The summed E-state index contributed by atoms with van der Waals surface area (Å²) in [6.07, 6.45) is 5.60. The van der Waals surface area contributed by atoms with Crippen LogP contribution in [0.3, 0.4) is 0 Å². The van der Waals surface area contributed by atoms with E-state index in [1.807, 2.05) is 25.2 Å². The molecule has 0 aliphatic rings. The smallest absolute Gasteiger partial charge is 0.249 e. The molecule has 0 bridgehead atoms. The summed E-state index contributed by atoms with van der Waals surface area (Å²) in [7, 11) is 3.68. The van der Waals surface area contributed by atoms with Crippen LogP contribution in [0.2, 0.25) is 0 Å². The molecule has 0 spiro atoms. The number of nitrogens with one attached hydrogen (secondary N) is 2. The number of fused-ring (bicyclic) bond motifs is 1. The quantitative estimate of drug-likeness (QED) is 0.249. The lowest BCUT2D eigenvalue weighted by Crippen LogP contribution is -2.38. The Bertz CT molecular complexity index is 1340. The lowest BCUT2D eigenvalue weighted by atomic mass is 10.2. The van der Waals surface area contributed by atoms with Crippen molar-refractivity contribution in [2.75, 3.05) is 23.9 Å². The van der Waals surface area contributed by atoms with Gasteiger partial charge in [-0.2, -0.15) is 10.1 Å². The molecule has 32 heavy (non-hydrogen) atoms. The third-order valence-electron chi connectivity index (χ3n) is 4.84. The standard InChI is InChI=1S/C22H22N8O2/c1-4-10-28(2)30(19-6-5-7-20(32)26-19)21-16(14-31)12-23-22(27-21)25-17-8-9-18-15(11-17)13-24-29(18)3/h4-9,11-14H,1,10H2,2-3H3,(H,26,32)(H,23,25,27). The van der Waals surface area contributed by atoms with E-state index >= 15 is 0 Å². The van der Waals surface area contributed by atoms with Crippen molar-refractivity contribution in [3.63, 3.8) is 0 Å². The first-order chi connectivity index (χ1) is 15.5. The zero-order valence-corrected chi connectivity index (χ0v) is 17.7. The number of carbonyl (C=O) groups is 1. The van der Waals surface area contributed by atoms with Crippen molar-refractivity contribution in [3.8, 4) is 0 Å². The van der Waals surface area contributed by atoms with E-state index in [9.17, 15) is 9.59 Å². The summed E-state index contributed by atoms with van der Waals surface area (Å²) in [6, 6.07) is 10.6. The van der Waals surface area contributed by atoms with E-state index in [2.05, 4.69) is 31.9 Å². The minimum atomic E-state index is -0.274. The van der Waals surface area contributed by atoms with Crippen molar-refractivity contribution in [1.29, 1.82) is 0 Å². The number of hydrazine groups is 1. The number of aryl methyl sites for hydroxylation is 1. The van der Waals surface area contributed by atoms with Crippen LogP contribution in [0.4, 0.5) is 23.3 Å². The Hall–Kier alpha value is -4.31. The largest absolute Gasteiger partial charge is 0.324 e. The van der Waals surface area contributed by atoms with Gasteiger partial charge in [-0.3, -0.25) is 14.3 Å². The van der Waals surface area contributed by atoms with Gasteiger partial charge in [0.2, 0.25) is 11.5 Å². The van der Waals surface area contributed by atoms with Crippen LogP contribution < -0.4 is 15.9 Å². The molecule has 0 radical (unpaired) electrons. The summed E-state index contributed by atoms with van der Waals surface area (Å²) < 4.78 is 1.79. The molecule has 0 saturated heterocycles. The molecule has 3 heterocycles. The van der Waals surface area contributed by atoms with Crippen molar-refractivity contribution in [2.45, 2.75) is 0 Å². The zero-order chi connectivity index (χ0) is 22.7. The maximum Gasteiger partial charge on any atom is 0.249 e. The van der Waals surface area contributed by atoms with Crippen molar-refractivity contribution < 1.29 is 4.79 Å². The molecule has 0 atom stereocenters. The van der Waals surface area contributed by atoms with Crippen molar-refractivity contribution in [2.24, 2.45) is 7.05 Å². The summed E-state index contributed by atoms with van der Waals surface area (Å²) in [6.45, 7) is 4.21. The van der Waals surface area contributed by atoms with Gasteiger partial charge in [0.05, 0.1) is 17.3 Å². The fourth-order valence-corrected chi connectivity index (χ4v) is 3.35. The molecule has 0 amide bonds. The highest BCUT2D eigenvalue weighted by molar-refractivity contribution is 5.85. The average molecular weight is 430 g/mol. The van der Waals surface area contributed by atoms with Crippen LogP contribution in [0.5, 0.6) is 0 Å². The number of rotatable bonds is 8. The second kappa shape index (κ2) is 8.82. The van der Waals surface area contributed by atoms with E-state index in [1.165, 1.54) is 12.3 Å². The molecule has 0 aliphatic heterocycles. The number of hydrogen-bond acceptors (Lipinski definition) is 8. The highest BCUT2D eigenvalue weighted by Crippen LogP contribution is 2.27. The number of benzene rings is 1. The van der Waals surface area contributed by atoms with Crippen LogP contribution in [0, 0.1) is 0 Å². The summed E-state index contributed by atoms with van der Waals surface area (Å²) >= 11 is 0. The Balaban J connectivity index is 1.76. The van der Waals surface area contributed by atoms with E-state index in [0.29, 0.717) is 30.4 Å². The number of pyridine rings is 1. The SMILES string of the molecule is C=CCN(C)N(c1cccc(=O)[nH]1)c1nc(Nc2ccc3c(cnn3C)c2)ncc1C=O. The molecule has 2 N–H and O–H groups in total. The van der Waals surface area contributed by atoms with Crippen molar-refractivity contribution in [1.82, 2.24) is 29.7 Å². The molecule has 0 aliphatic carbocycles. The molecule has 0 unspecified atom stereocenters. The fraction of sp³-hybridized carbons (Fsp3) is 0.136. The van der Waals surface area contributed by atoms with Crippen LogP contribution in [-0.4, -0.2) is 49.6 Å². The van der Waals surface area contributed by atoms with Gasteiger partial charge in [0.15, 0.2) is 12.1 Å². The molecule has 4 rings (SSSR count). The van der Waals surface area contributed by atoms with Crippen LogP contribution in [0.15, 0.2) is 66.2 Å². The Kier molecular flexibility index (Phi) is 5.77. The van der Waals surface area contributed by atoms with Crippen LogP contribution in [0.25, 0.3) is 10.9 Å². The Morgan fingerprint density at radius 1 is 1.25 bits per heavy atom. The number of aldehydes is 1. The summed E-state index contributed by atoms with van der Waals surface area (Å²) in [5.41, 5.74) is 1.76. The Labute approximate surface area is 183 Å². The van der Waals surface area contributed by atoms with Gasteiger partial charge in [-0.1, -0.05) is 12.1 Å². The van der Waals surface area contributed by atoms with E-state index in [-0.39, 0.29) is 11.1 Å². The van der Waals surface area contributed by atoms with E-state index in [4.69, 9.17) is 0 Å². The summed E-state index contributed by atoms with van der Waals surface area (Å²) in [4.78, 5) is 35.4. The molecule has 1 aromatic carbocycles. The number of hydrogen-bond donors (Lipinski definition) is 2. The maximum atomic E-state index is 11.9. The van der Waals surface area contributed by atoms with Gasteiger partial charge in [0.1, 0.15) is 5.82 Å². The lowest BCUT2D eigenvalue weighted by Gasteiger charge is -2.32. The monoisotopic (exact) mass is 430 g/mol. The highest BCUT2D eigenvalue weighted by atomic mass is 16.1. The van der Waals surface area contributed by atoms with Gasteiger partial charge in [0, 0.05) is 44.0 Å². The summed E-state index contributed by atoms with van der Waals surface area (Å²) in [5, 5.41) is 11.8. The third kappa shape index (κ3) is 4.12. The van der Waals surface area contributed by atoms with E-state index in [0.717, 1.165) is 16.6 Å². The third-order valence-corrected chi connectivity index (χ3v) is 4.84. The van der Waals surface area contributed by atoms with Crippen LogP contribution in [0.1, 0.15) is 10.4 Å². The number of aromatic nitrogens is 5. The second-order valence-corrected chi connectivity index (χ2v) is 7.10. The average Bonchev–Trinajstić information content (AvgIpc) is 3.14. The van der Waals surface area contributed by atoms with Crippen molar-refractivity contribution in [3.05, 3.63) is 77.4 Å². The van der Waals surface area contributed by atoms with Gasteiger partial charge in [-0.05, 0) is 24.3 Å². The van der Waals surface area contributed by atoms with Crippen molar-refractivity contribution >= 4 is 40.5 Å². The first-order valence-corrected chi connectivity index (χ1v) is 9.82. The molecule has 162 valence electrons. The lowest BCUT2D eigenvalue weighted by molar-refractivity contribution is 0.112. The number of H-pyrrole nitrogens is 1. The topological polar surface area (TPSA) is 112 Å². The van der Waals surface area contributed by atoms with Crippen LogP contribution >= 0.6 is 0 Å². The maximum absolute atomic E-state index is 11.9. The molecule has 0 fully saturated rings. The van der Waals surface area contributed by atoms with E-state index < -0.39 is 0 Å². The number of nitrogens with zero attached hydrogens (tertiary/aromatic N) is 6. The van der Waals surface area contributed by atoms with Gasteiger partial charge in [0.25, 0.3) is 0 Å². The van der Waals surface area contributed by atoms with Crippen LogP contribution in [-0.2, 0) is 7.05 Å². The van der Waals surface area contributed by atoms with Gasteiger partial charge >= 0.3 is 0 Å². The first-order valence-electron chi connectivity index (χ1n) is 9.82. The molecule has 4 aromatic rings. The number of likely N-dealkylation sites (N-methyl/N-ethyl adjacent to an activating group) is 1. The normalized spacial score (nSPS) is 11.0. The molecule has 10 nitrogen and oxygen atoms in total. The second-order valence-electron chi connectivity index (χ2n) is 7.10. The van der Waals surface area contributed by atoms with Gasteiger partial charge in [-0.25, -0.2) is 15.0 Å². The molecule has 10 heteroatoms. The number of anilines is 4. The molecule has 3 aromatic heterocycles. The number of carbonyl (C=O) groups excluding carboxylic acids is 1.